The lowest BCUT2D eigenvalue weighted by molar-refractivity contribution is 0.263. The highest BCUT2D eigenvalue weighted by Gasteiger charge is 2.26. The maximum atomic E-state index is 6.37. The summed E-state index contributed by atoms with van der Waals surface area (Å²) in [6.45, 7) is 2.73. The van der Waals surface area contributed by atoms with Crippen molar-refractivity contribution in [2.24, 2.45) is 0 Å². The maximum Gasteiger partial charge on any atom is 0.122 e. The maximum absolute atomic E-state index is 6.37. The summed E-state index contributed by atoms with van der Waals surface area (Å²) in [5.74, 6) is 1.01. The molecule has 3 heteroatoms. The van der Waals surface area contributed by atoms with Crippen molar-refractivity contribution in [3.8, 4) is 5.75 Å². The lowest BCUT2D eigenvalue weighted by Gasteiger charge is -2.32. The molecule has 0 N–H and O–H groups in total. The average molecular weight is 254 g/mol. The minimum absolute atomic E-state index is 0.423. The van der Waals surface area contributed by atoms with Crippen molar-refractivity contribution in [2.75, 3.05) is 20.7 Å². The third kappa shape index (κ3) is 2.43. The largest absolute Gasteiger partial charge is 0.494 e. The molecule has 0 spiro atoms. The molecule has 1 unspecified atom stereocenters. The number of fused-ring (bicyclic) bond motifs is 1. The number of hydrogen-bond donors (Lipinski definition) is 0. The van der Waals surface area contributed by atoms with E-state index in [-0.39, 0.29) is 0 Å². The molecule has 1 aliphatic carbocycles. The van der Waals surface area contributed by atoms with Crippen LogP contribution >= 0.6 is 11.6 Å². The number of rotatable bonds is 3. The van der Waals surface area contributed by atoms with Gasteiger partial charge in [-0.15, -0.1) is 0 Å². The Balaban J connectivity index is 2.48. The van der Waals surface area contributed by atoms with E-state index in [4.69, 9.17) is 16.3 Å². The van der Waals surface area contributed by atoms with Crippen LogP contribution < -0.4 is 4.74 Å². The zero-order chi connectivity index (χ0) is 12.4. The monoisotopic (exact) mass is 253 g/mol. The van der Waals surface area contributed by atoms with E-state index in [1.165, 1.54) is 24.0 Å². The van der Waals surface area contributed by atoms with Crippen molar-refractivity contribution in [1.29, 1.82) is 0 Å². The van der Waals surface area contributed by atoms with E-state index in [2.05, 4.69) is 19.0 Å². The van der Waals surface area contributed by atoms with Crippen LogP contribution in [-0.4, -0.2) is 25.6 Å². The van der Waals surface area contributed by atoms with Crippen molar-refractivity contribution in [1.82, 2.24) is 4.90 Å². The van der Waals surface area contributed by atoms with Crippen LogP contribution in [-0.2, 0) is 6.42 Å². The molecule has 0 aliphatic heterocycles. The smallest absolute Gasteiger partial charge is 0.122 e. The lowest BCUT2D eigenvalue weighted by atomic mass is 9.86. The van der Waals surface area contributed by atoms with Crippen LogP contribution in [0.2, 0.25) is 5.02 Å². The van der Waals surface area contributed by atoms with Crippen molar-refractivity contribution in [2.45, 2.75) is 32.2 Å². The second-order valence-electron chi connectivity index (χ2n) is 4.74. The van der Waals surface area contributed by atoms with Gasteiger partial charge in [0.25, 0.3) is 0 Å². The van der Waals surface area contributed by atoms with Crippen molar-refractivity contribution in [3.05, 3.63) is 28.3 Å². The summed E-state index contributed by atoms with van der Waals surface area (Å²) < 4.78 is 5.71. The molecule has 17 heavy (non-hydrogen) atoms. The summed E-state index contributed by atoms with van der Waals surface area (Å²) in [5.41, 5.74) is 2.58. The molecule has 1 atom stereocenters. The minimum Gasteiger partial charge on any atom is -0.494 e. The summed E-state index contributed by atoms with van der Waals surface area (Å²) in [5, 5.41) is 0.877. The molecule has 2 rings (SSSR count). The number of nitrogens with zero attached hydrogens (tertiary/aromatic N) is 1. The Morgan fingerprint density at radius 1 is 1.41 bits per heavy atom. The van der Waals surface area contributed by atoms with Gasteiger partial charge in [0.1, 0.15) is 5.75 Å². The number of ether oxygens (including phenoxy) is 1. The van der Waals surface area contributed by atoms with E-state index in [0.29, 0.717) is 12.6 Å². The molecular formula is C14H20ClNO. The van der Waals surface area contributed by atoms with Gasteiger partial charge in [0.15, 0.2) is 0 Å². The van der Waals surface area contributed by atoms with Gasteiger partial charge in [0, 0.05) is 16.6 Å². The molecule has 0 aromatic heterocycles. The fourth-order valence-corrected chi connectivity index (χ4v) is 2.96. The van der Waals surface area contributed by atoms with E-state index in [0.717, 1.165) is 17.2 Å². The summed E-state index contributed by atoms with van der Waals surface area (Å²) in [4.78, 5) is 2.25. The number of halogens is 1. The van der Waals surface area contributed by atoms with E-state index in [1.54, 1.807) is 0 Å². The predicted molar refractivity (Wildman–Crippen MR) is 72.0 cm³/mol. The lowest BCUT2D eigenvalue weighted by Crippen LogP contribution is -2.25. The summed E-state index contributed by atoms with van der Waals surface area (Å²) >= 11 is 6.37. The van der Waals surface area contributed by atoms with Crippen LogP contribution in [0.4, 0.5) is 0 Å². The van der Waals surface area contributed by atoms with Crippen LogP contribution in [0.5, 0.6) is 5.75 Å². The molecule has 1 aliphatic rings. The van der Waals surface area contributed by atoms with Crippen LogP contribution in [0.15, 0.2) is 12.1 Å². The van der Waals surface area contributed by atoms with Crippen molar-refractivity contribution in [3.63, 3.8) is 0 Å². The van der Waals surface area contributed by atoms with Crippen LogP contribution in [0.3, 0.4) is 0 Å². The summed E-state index contributed by atoms with van der Waals surface area (Å²) in [7, 11) is 4.23. The van der Waals surface area contributed by atoms with Gasteiger partial charge in [-0.3, -0.25) is 0 Å². The van der Waals surface area contributed by atoms with Gasteiger partial charge in [-0.05, 0) is 58.0 Å². The highest BCUT2D eigenvalue weighted by atomic mass is 35.5. The van der Waals surface area contributed by atoms with Gasteiger partial charge in [0.05, 0.1) is 6.61 Å². The normalized spacial score (nSPS) is 19.2. The summed E-state index contributed by atoms with van der Waals surface area (Å²) in [6, 6.07) is 4.39. The summed E-state index contributed by atoms with van der Waals surface area (Å²) in [6.07, 6.45) is 3.46. The Bertz CT molecular complexity index is 403. The van der Waals surface area contributed by atoms with Gasteiger partial charge in [-0.1, -0.05) is 11.6 Å². The van der Waals surface area contributed by atoms with Gasteiger partial charge in [-0.25, -0.2) is 0 Å². The third-order valence-electron chi connectivity index (χ3n) is 3.42. The number of hydrogen-bond acceptors (Lipinski definition) is 2. The Labute approximate surface area is 109 Å². The molecular weight excluding hydrogens is 234 g/mol. The fraction of sp³-hybridized carbons (Fsp3) is 0.571. The molecule has 0 heterocycles. The van der Waals surface area contributed by atoms with Crippen molar-refractivity contribution >= 4 is 11.6 Å². The predicted octanol–water partition coefficient (Wildman–Crippen LogP) is 3.68. The van der Waals surface area contributed by atoms with Gasteiger partial charge >= 0.3 is 0 Å². The van der Waals surface area contributed by atoms with Crippen LogP contribution in [0.25, 0.3) is 0 Å². The second-order valence-corrected chi connectivity index (χ2v) is 5.15. The van der Waals surface area contributed by atoms with E-state index >= 15 is 0 Å². The fourth-order valence-electron chi connectivity index (χ4n) is 2.66. The number of benzene rings is 1. The van der Waals surface area contributed by atoms with Crippen LogP contribution in [0.1, 0.15) is 36.9 Å². The quantitative estimate of drug-likeness (QED) is 0.815. The van der Waals surface area contributed by atoms with E-state index in [9.17, 15) is 0 Å². The first kappa shape index (κ1) is 12.7. The first-order chi connectivity index (χ1) is 8.15. The Morgan fingerprint density at radius 2 is 2.18 bits per heavy atom. The highest BCUT2D eigenvalue weighted by molar-refractivity contribution is 6.31. The molecule has 2 nitrogen and oxygen atoms in total. The van der Waals surface area contributed by atoms with E-state index < -0.39 is 0 Å². The molecule has 0 saturated heterocycles. The minimum atomic E-state index is 0.423. The Hall–Kier alpha value is -0.730. The van der Waals surface area contributed by atoms with E-state index in [1.807, 2.05) is 19.1 Å². The molecule has 0 bridgehead atoms. The van der Waals surface area contributed by atoms with Crippen molar-refractivity contribution < 1.29 is 4.74 Å². The SMILES string of the molecule is CCOc1ccc(Cl)c2c1CCCC2N(C)C. The molecule has 0 fully saturated rings. The van der Waals surface area contributed by atoms with Crippen LogP contribution in [0, 0.1) is 0 Å². The second kappa shape index (κ2) is 5.28. The van der Waals surface area contributed by atoms with Gasteiger partial charge < -0.3 is 9.64 Å². The molecule has 0 amide bonds. The molecule has 94 valence electrons. The highest BCUT2D eigenvalue weighted by Crippen LogP contribution is 2.41. The zero-order valence-corrected chi connectivity index (χ0v) is 11.5. The topological polar surface area (TPSA) is 12.5 Å². The Kier molecular flexibility index (Phi) is 3.95. The standard InChI is InChI=1S/C14H20ClNO/c1-4-17-13-9-8-11(15)14-10(13)6-5-7-12(14)16(2)3/h8-9,12H,4-7H2,1-3H3. The zero-order valence-electron chi connectivity index (χ0n) is 10.8. The molecule has 0 radical (unpaired) electrons. The molecule has 0 saturated carbocycles. The molecule has 1 aromatic carbocycles. The first-order valence-corrected chi connectivity index (χ1v) is 6.63. The first-order valence-electron chi connectivity index (χ1n) is 6.25. The van der Waals surface area contributed by atoms with Gasteiger partial charge in [-0.2, -0.15) is 0 Å². The third-order valence-corrected chi connectivity index (χ3v) is 3.75. The average Bonchev–Trinajstić information content (AvgIpc) is 2.32. The Morgan fingerprint density at radius 3 is 2.82 bits per heavy atom. The van der Waals surface area contributed by atoms with Gasteiger partial charge in [0.2, 0.25) is 0 Å². The molecule has 1 aromatic rings.